The topological polar surface area (TPSA) is 50.4 Å². The van der Waals surface area contributed by atoms with E-state index >= 15 is 0 Å². The fourth-order valence-electron chi connectivity index (χ4n) is 2.55. The predicted octanol–water partition coefficient (Wildman–Crippen LogP) is 2.30. The van der Waals surface area contributed by atoms with Crippen molar-refractivity contribution in [3.8, 4) is 0 Å². The van der Waals surface area contributed by atoms with Crippen molar-refractivity contribution in [2.24, 2.45) is 0 Å². The van der Waals surface area contributed by atoms with Gasteiger partial charge in [-0.05, 0) is 18.1 Å². The van der Waals surface area contributed by atoms with Crippen LogP contribution in [0.15, 0.2) is 60.7 Å². The molecule has 23 heavy (non-hydrogen) atoms. The molecule has 0 unspecified atom stereocenters. The maximum Gasteiger partial charge on any atom is 0.234 e. The second-order valence-electron chi connectivity index (χ2n) is 5.57. The number of methoxy groups -OCH3 is 1. The number of hydrogen-bond donors (Lipinski definition) is 2. The Kier molecular flexibility index (Phi) is 6.32. The van der Waals surface area contributed by atoms with Gasteiger partial charge in [0.05, 0.1) is 18.7 Å². The summed E-state index contributed by atoms with van der Waals surface area (Å²) in [5, 5.41) is 6.24. The van der Waals surface area contributed by atoms with Crippen molar-refractivity contribution in [1.29, 1.82) is 0 Å². The largest absolute Gasteiger partial charge is 0.383 e. The lowest BCUT2D eigenvalue weighted by Crippen LogP contribution is -2.47. The van der Waals surface area contributed by atoms with Crippen molar-refractivity contribution >= 4 is 5.91 Å². The maximum atomic E-state index is 12.4. The molecule has 0 aromatic heterocycles. The van der Waals surface area contributed by atoms with Crippen molar-refractivity contribution in [3.05, 3.63) is 71.8 Å². The van der Waals surface area contributed by atoms with Gasteiger partial charge in [-0.1, -0.05) is 60.7 Å². The predicted molar refractivity (Wildman–Crippen MR) is 92.2 cm³/mol. The molecule has 0 heterocycles. The van der Waals surface area contributed by atoms with Crippen LogP contribution in [0.1, 0.15) is 18.1 Å². The summed E-state index contributed by atoms with van der Waals surface area (Å²) >= 11 is 0. The Bertz CT molecular complexity index is 560. The van der Waals surface area contributed by atoms with E-state index in [2.05, 4.69) is 10.6 Å². The Morgan fingerprint density at radius 3 is 2.00 bits per heavy atom. The van der Waals surface area contributed by atoms with Gasteiger partial charge in [-0.15, -0.1) is 0 Å². The van der Waals surface area contributed by atoms with Crippen molar-refractivity contribution in [2.75, 3.05) is 26.8 Å². The number of nitrogens with one attached hydrogen (secondary N) is 2. The lowest BCUT2D eigenvalue weighted by Gasteiger charge is -2.32. The molecule has 2 N–H and O–H groups in total. The van der Waals surface area contributed by atoms with Crippen LogP contribution in [0.3, 0.4) is 0 Å². The highest BCUT2D eigenvalue weighted by atomic mass is 16.5. The van der Waals surface area contributed by atoms with Crippen LogP contribution in [0.5, 0.6) is 0 Å². The Hall–Kier alpha value is -2.17. The number of ether oxygens (including phenoxy) is 1. The molecule has 0 radical (unpaired) electrons. The van der Waals surface area contributed by atoms with E-state index < -0.39 is 5.54 Å². The molecule has 2 aromatic rings. The van der Waals surface area contributed by atoms with Crippen molar-refractivity contribution in [3.63, 3.8) is 0 Å². The summed E-state index contributed by atoms with van der Waals surface area (Å²) < 4.78 is 4.97. The van der Waals surface area contributed by atoms with Gasteiger partial charge >= 0.3 is 0 Å². The van der Waals surface area contributed by atoms with E-state index in [1.54, 1.807) is 7.11 Å². The van der Waals surface area contributed by atoms with Gasteiger partial charge in [0.2, 0.25) is 5.91 Å². The fourth-order valence-corrected chi connectivity index (χ4v) is 2.55. The third kappa shape index (κ3) is 4.65. The molecule has 2 aromatic carbocycles. The molecule has 0 aliphatic rings. The van der Waals surface area contributed by atoms with E-state index in [1.807, 2.05) is 67.6 Å². The Labute approximate surface area is 137 Å². The lowest BCUT2D eigenvalue weighted by atomic mass is 9.84. The van der Waals surface area contributed by atoms with Gasteiger partial charge < -0.3 is 15.4 Å². The third-order valence-corrected chi connectivity index (χ3v) is 3.86. The molecule has 0 aliphatic heterocycles. The fraction of sp³-hybridized carbons (Fsp3) is 0.316. The number of carbonyl (C=O) groups is 1. The molecule has 0 aliphatic carbocycles. The van der Waals surface area contributed by atoms with Gasteiger partial charge in [0.1, 0.15) is 0 Å². The summed E-state index contributed by atoms with van der Waals surface area (Å²) in [6.45, 7) is 3.53. The molecular formula is C19H24N2O2. The first-order valence-corrected chi connectivity index (χ1v) is 7.78. The van der Waals surface area contributed by atoms with Crippen molar-refractivity contribution in [2.45, 2.75) is 12.5 Å². The quantitative estimate of drug-likeness (QED) is 0.736. The molecule has 0 atom stereocenters. The number of rotatable bonds is 8. The summed E-state index contributed by atoms with van der Waals surface area (Å²) in [6.07, 6.45) is 0. The van der Waals surface area contributed by atoms with E-state index in [1.165, 1.54) is 0 Å². The van der Waals surface area contributed by atoms with Gasteiger partial charge in [-0.25, -0.2) is 0 Å². The smallest absolute Gasteiger partial charge is 0.234 e. The van der Waals surface area contributed by atoms with Crippen LogP contribution in [0.25, 0.3) is 0 Å². The summed E-state index contributed by atoms with van der Waals surface area (Å²) in [6, 6.07) is 20.0. The summed E-state index contributed by atoms with van der Waals surface area (Å²) in [5.74, 6) is -0.0451. The second-order valence-corrected chi connectivity index (χ2v) is 5.57. The zero-order chi connectivity index (χ0) is 16.5. The Balaban J connectivity index is 2.17. The molecule has 2 rings (SSSR count). The summed E-state index contributed by atoms with van der Waals surface area (Å²) in [7, 11) is 1.64. The van der Waals surface area contributed by atoms with Gasteiger partial charge in [-0.2, -0.15) is 0 Å². The molecule has 0 bridgehead atoms. The van der Waals surface area contributed by atoms with E-state index in [4.69, 9.17) is 4.74 Å². The minimum Gasteiger partial charge on any atom is -0.383 e. The van der Waals surface area contributed by atoms with E-state index in [0.29, 0.717) is 13.2 Å². The Morgan fingerprint density at radius 1 is 1.00 bits per heavy atom. The number of benzene rings is 2. The van der Waals surface area contributed by atoms with Gasteiger partial charge in [0.25, 0.3) is 0 Å². The van der Waals surface area contributed by atoms with Crippen LogP contribution in [0.2, 0.25) is 0 Å². The molecule has 0 spiro atoms. The molecule has 122 valence electrons. The highest BCUT2D eigenvalue weighted by molar-refractivity contribution is 5.79. The molecule has 0 fully saturated rings. The molecule has 0 saturated carbocycles. The number of hydrogen-bond acceptors (Lipinski definition) is 3. The average Bonchev–Trinajstić information content (AvgIpc) is 2.60. The Morgan fingerprint density at radius 2 is 1.52 bits per heavy atom. The number of amides is 1. The zero-order valence-electron chi connectivity index (χ0n) is 13.7. The summed E-state index contributed by atoms with van der Waals surface area (Å²) in [5.41, 5.74) is 1.54. The van der Waals surface area contributed by atoms with Crippen LogP contribution in [0, 0.1) is 0 Å². The molecule has 4 nitrogen and oxygen atoms in total. The third-order valence-electron chi connectivity index (χ3n) is 3.86. The van der Waals surface area contributed by atoms with Crippen LogP contribution in [0.4, 0.5) is 0 Å². The van der Waals surface area contributed by atoms with Crippen molar-refractivity contribution in [1.82, 2.24) is 10.6 Å². The first-order valence-electron chi connectivity index (χ1n) is 7.78. The minimum absolute atomic E-state index is 0.0451. The van der Waals surface area contributed by atoms with Crippen molar-refractivity contribution < 1.29 is 9.53 Å². The van der Waals surface area contributed by atoms with Crippen LogP contribution in [-0.2, 0) is 15.1 Å². The molecular weight excluding hydrogens is 288 g/mol. The van der Waals surface area contributed by atoms with Gasteiger partial charge in [0.15, 0.2) is 0 Å². The zero-order valence-corrected chi connectivity index (χ0v) is 13.7. The van der Waals surface area contributed by atoms with E-state index in [0.717, 1.165) is 11.1 Å². The van der Waals surface area contributed by atoms with Gasteiger partial charge in [-0.3, -0.25) is 4.79 Å². The average molecular weight is 312 g/mol. The summed E-state index contributed by atoms with van der Waals surface area (Å²) in [4.78, 5) is 12.4. The van der Waals surface area contributed by atoms with Crippen LogP contribution >= 0.6 is 0 Å². The molecule has 1 amide bonds. The van der Waals surface area contributed by atoms with E-state index in [9.17, 15) is 4.79 Å². The molecule has 4 heteroatoms. The van der Waals surface area contributed by atoms with Gasteiger partial charge in [0, 0.05) is 13.7 Å². The monoisotopic (exact) mass is 312 g/mol. The van der Waals surface area contributed by atoms with Crippen LogP contribution in [-0.4, -0.2) is 32.7 Å². The van der Waals surface area contributed by atoms with E-state index in [-0.39, 0.29) is 12.5 Å². The first-order chi connectivity index (χ1) is 11.2. The molecule has 0 saturated heterocycles. The SMILES string of the molecule is COCCNCC(=O)NC(C)(c1ccccc1)c1ccccc1. The number of carbonyl (C=O) groups excluding carboxylic acids is 1. The normalized spacial score (nSPS) is 11.2. The standard InChI is InChI=1S/C19H24N2O2/c1-19(16-9-5-3-6-10-16,17-11-7-4-8-12-17)21-18(22)15-20-13-14-23-2/h3-12,20H,13-15H2,1-2H3,(H,21,22). The minimum atomic E-state index is -0.567. The van der Waals surface area contributed by atoms with Crippen LogP contribution < -0.4 is 10.6 Å². The maximum absolute atomic E-state index is 12.4. The highest BCUT2D eigenvalue weighted by Gasteiger charge is 2.30. The second kappa shape index (κ2) is 8.46. The first kappa shape index (κ1) is 17.2. The highest BCUT2D eigenvalue weighted by Crippen LogP contribution is 2.28. The lowest BCUT2D eigenvalue weighted by molar-refractivity contribution is -0.121.